The maximum Gasteiger partial charge on any atom is 0.339 e. The van der Waals surface area contributed by atoms with Gasteiger partial charge in [-0.3, -0.25) is 4.98 Å². The van der Waals surface area contributed by atoms with E-state index in [4.69, 9.17) is 4.74 Å². The van der Waals surface area contributed by atoms with Crippen LogP contribution >= 0.6 is 0 Å². The lowest BCUT2D eigenvalue weighted by Gasteiger charge is -2.08. The fourth-order valence-electron chi connectivity index (χ4n) is 2.52. The van der Waals surface area contributed by atoms with Gasteiger partial charge in [0.25, 0.3) is 0 Å². The summed E-state index contributed by atoms with van der Waals surface area (Å²) in [7, 11) is -4.06. The number of sulfone groups is 1. The Labute approximate surface area is 136 Å². The monoisotopic (exact) mass is 351 g/mol. The SMILES string of the molecule is CS(=O)(=O)c1c(F)cc(C2=C(c3cccnc3)C(=O)OC2)cc1F. The van der Waals surface area contributed by atoms with Crippen molar-refractivity contribution >= 4 is 27.0 Å². The Bertz CT molecular complexity index is 946. The molecule has 1 aliphatic heterocycles. The van der Waals surface area contributed by atoms with E-state index in [-0.39, 0.29) is 23.3 Å². The van der Waals surface area contributed by atoms with Crippen LogP contribution < -0.4 is 0 Å². The molecule has 0 spiro atoms. The number of carbonyl (C=O) groups is 1. The fraction of sp³-hybridized carbons (Fsp3) is 0.125. The zero-order valence-electron chi connectivity index (χ0n) is 12.4. The average Bonchev–Trinajstić information content (AvgIpc) is 2.87. The van der Waals surface area contributed by atoms with Crippen LogP contribution in [0.4, 0.5) is 8.78 Å². The Balaban J connectivity index is 2.21. The number of ether oxygens (including phenoxy) is 1. The molecule has 0 radical (unpaired) electrons. The van der Waals surface area contributed by atoms with Gasteiger partial charge in [-0.25, -0.2) is 22.0 Å². The van der Waals surface area contributed by atoms with E-state index in [0.29, 0.717) is 5.56 Å². The summed E-state index contributed by atoms with van der Waals surface area (Å²) in [5, 5.41) is 0. The number of rotatable bonds is 3. The van der Waals surface area contributed by atoms with Crippen molar-refractivity contribution in [3.05, 3.63) is 59.4 Å². The molecule has 3 rings (SSSR count). The summed E-state index contributed by atoms with van der Waals surface area (Å²) in [6, 6.07) is 4.99. The van der Waals surface area contributed by atoms with Gasteiger partial charge < -0.3 is 4.74 Å². The van der Waals surface area contributed by atoms with Gasteiger partial charge in [-0.1, -0.05) is 6.07 Å². The van der Waals surface area contributed by atoms with Gasteiger partial charge in [0.15, 0.2) is 9.84 Å². The zero-order chi connectivity index (χ0) is 17.5. The number of halogens is 2. The first kappa shape index (κ1) is 16.3. The number of aromatic nitrogens is 1. The molecule has 124 valence electrons. The highest BCUT2D eigenvalue weighted by molar-refractivity contribution is 7.90. The second kappa shape index (κ2) is 5.79. The van der Waals surface area contributed by atoms with E-state index in [1.165, 1.54) is 12.4 Å². The minimum atomic E-state index is -4.06. The highest BCUT2D eigenvalue weighted by atomic mass is 32.2. The summed E-state index contributed by atoms with van der Waals surface area (Å²) in [4.78, 5) is 14.9. The summed E-state index contributed by atoms with van der Waals surface area (Å²) < 4.78 is 56.1. The Hall–Kier alpha value is -2.61. The third-order valence-corrected chi connectivity index (χ3v) is 4.65. The molecule has 0 saturated heterocycles. The van der Waals surface area contributed by atoms with Crippen molar-refractivity contribution < 1.29 is 26.7 Å². The minimum absolute atomic E-state index is 0.0436. The van der Waals surface area contributed by atoms with Gasteiger partial charge in [-0.05, 0) is 23.8 Å². The third-order valence-electron chi connectivity index (χ3n) is 3.52. The smallest absolute Gasteiger partial charge is 0.339 e. The standard InChI is InChI=1S/C16H11F2NO4S/c1-24(21,22)15-12(17)5-10(6-13(15)18)11-8-23-16(20)14(11)9-3-2-4-19-7-9/h2-7H,8H2,1H3. The number of benzene rings is 1. The lowest BCUT2D eigenvalue weighted by atomic mass is 9.97. The minimum Gasteiger partial charge on any atom is -0.457 e. The Morgan fingerprint density at radius 2 is 1.83 bits per heavy atom. The van der Waals surface area contributed by atoms with Crippen molar-refractivity contribution in [3.63, 3.8) is 0 Å². The second-order valence-corrected chi connectivity index (χ2v) is 7.17. The first-order chi connectivity index (χ1) is 11.3. The van der Waals surface area contributed by atoms with Gasteiger partial charge in [0.1, 0.15) is 23.1 Å². The number of pyridine rings is 1. The molecule has 0 unspecified atom stereocenters. The molecule has 2 heterocycles. The molecule has 1 aliphatic rings. The molecule has 5 nitrogen and oxygen atoms in total. The lowest BCUT2D eigenvalue weighted by Crippen LogP contribution is -2.06. The molecule has 8 heteroatoms. The quantitative estimate of drug-likeness (QED) is 0.793. The summed E-state index contributed by atoms with van der Waals surface area (Å²) in [5.41, 5.74) is 0.907. The van der Waals surface area contributed by atoms with Crippen LogP contribution in [-0.2, 0) is 19.4 Å². The number of carbonyl (C=O) groups excluding carboxylic acids is 1. The van der Waals surface area contributed by atoms with Crippen LogP contribution in [0.1, 0.15) is 11.1 Å². The maximum atomic E-state index is 14.1. The topological polar surface area (TPSA) is 73.3 Å². The third kappa shape index (κ3) is 2.80. The van der Waals surface area contributed by atoms with Crippen LogP contribution in [0.2, 0.25) is 0 Å². The van der Waals surface area contributed by atoms with Gasteiger partial charge in [0, 0.05) is 29.8 Å². The average molecular weight is 351 g/mol. The van der Waals surface area contributed by atoms with Gasteiger partial charge in [0.2, 0.25) is 0 Å². The molecule has 0 saturated carbocycles. The number of nitrogens with zero attached hydrogens (tertiary/aromatic N) is 1. The van der Waals surface area contributed by atoms with Crippen LogP contribution in [-0.4, -0.2) is 32.2 Å². The van der Waals surface area contributed by atoms with Crippen LogP contribution in [0.15, 0.2) is 41.6 Å². The Morgan fingerprint density at radius 1 is 1.17 bits per heavy atom. The van der Waals surface area contributed by atoms with Gasteiger partial charge in [-0.15, -0.1) is 0 Å². The largest absolute Gasteiger partial charge is 0.457 e. The highest BCUT2D eigenvalue weighted by Gasteiger charge is 2.29. The van der Waals surface area contributed by atoms with Crippen LogP contribution in [0.3, 0.4) is 0 Å². The number of cyclic esters (lactones) is 1. The van der Waals surface area contributed by atoms with E-state index >= 15 is 0 Å². The molecular formula is C16H11F2NO4S. The van der Waals surface area contributed by atoms with Crippen molar-refractivity contribution in [1.82, 2.24) is 4.98 Å². The van der Waals surface area contributed by atoms with E-state index in [1.807, 2.05) is 0 Å². The van der Waals surface area contributed by atoms with Gasteiger partial charge in [0.05, 0.1) is 5.57 Å². The predicted molar refractivity (Wildman–Crippen MR) is 81.5 cm³/mol. The predicted octanol–water partition coefficient (Wildman–Crippen LogP) is 2.23. The van der Waals surface area contributed by atoms with E-state index in [1.54, 1.807) is 12.1 Å². The molecule has 2 aromatic rings. The summed E-state index contributed by atoms with van der Waals surface area (Å²) in [5.74, 6) is -3.07. The van der Waals surface area contributed by atoms with Crippen molar-refractivity contribution in [3.8, 4) is 0 Å². The molecule has 1 aromatic heterocycles. The highest BCUT2D eigenvalue weighted by Crippen LogP contribution is 2.34. The molecule has 0 aliphatic carbocycles. The van der Waals surface area contributed by atoms with Crippen LogP contribution in [0, 0.1) is 11.6 Å². The zero-order valence-corrected chi connectivity index (χ0v) is 13.2. The van der Waals surface area contributed by atoms with E-state index in [9.17, 15) is 22.0 Å². The number of hydrogen-bond acceptors (Lipinski definition) is 5. The van der Waals surface area contributed by atoms with Crippen molar-refractivity contribution in [2.24, 2.45) is 0 Å². The first-order valence-corrected chi connectivity index (χ1v) is 8.68. The maximum absolute atomic E-state index is 14.1. The van der Waals surface area contributed by atoms with Gasteiger partial charge >= 0.3 is 5.97 Å². The van der Waals surface area contributed by atoms with Crippen LogP contribution in [0.25, 0.3) is 11.1 Å². The van der Waals surface area contributed by atoms with Gasteiger partial charge in [-0.2, -0.15) is 0 Å². The summed E-state index contributed by atoms with van der Waals surface area (Å²) in [6.45, 7) is -0.167. The van der Waals surface area contributed by atoms with E-state index in [0.717, 1.165) is 18.4 Å². The Morgan fingerprint density at radius 3 is 2.38 bits per heavy atom. The van der Waals surface area contributed by atoms with Crippen molar-refractivity contribution in [2.75, 3.05) is 12.9 Å². The normalized spacial score (nSPS) is 14.9. The summed E-state index contributed by atoms with van der Waals surface area (Å²) >= 11 is 0. The van der Waals surface area contributed by atoms with E-state index < -0.39 is 32.3 Å². The van der Waals surface area contributed by atoms with Crippen molar-refractivity contribution in [1.29, 1.82) is 0 Å². The number of esters is 1. The molecule has 0 atom stereocenters. The van der Waals surface area contributed by atoms with Crippen LogP contribution in [0.5, 0.6) is 0 Å². The Kier molecular flexibility index (Phi) is 3.92. The van der Waals surface area contributed by atoms with Crippen molar-refractivity contribution in [2.45, 2.75) is 4.90 Å². The lowest BCUT2D eigenvalue weighted by molar-refractivity contribution is -0.133. The number of hydrogen-bond donors (Lipinski definition) is 0. The van der Waals surface area contributed by atoms with E-state index in [2.05, 4.69) is 4.98 Å². The molecule has 0 amide bonds. The first-order valence-electron chi connectivity index (χ1n) is 6.79. The molecule has 0 fully saturated rings. The molecular weight excluding hydrogens is 340 g/mol. The summed E-state index contributed by atoms with van der Waals surface area (Å²) in [6.07, 6.45) is 3.67. The second-order valence-electron chi connectivity index (χ2n) is 5.21. The fourth-order valence-corrected chi connectivity index (χ4v) is 3.35. The molecule has 0 N–H and O–H groups in total. The molecule has 1 aromatic carbocycles. The molecule has 24 heavy (non-hydrogen) atoms. The molecule has 0 bridgehead atoms.